The Morgan fingerprint density at radius 1 is 1.07 bits per heavy atom. The highest BCUT2D eigenvalue weighted by molar-refractivity contribution is 7.89. The molecule has 2 saturated heterocycles. The lowest BCUT2D eigenvalue weighted by Crippen LogP contribution is -2.52. The van der Waals surface area contributed by atoms with Gasteiger partial charge >= 0.3 is 0 Å². The largest absolute Gasteiger partial charge is 0.340 e. The van der Waals surface area contributed by atoms with Crippen LogP contribution >= 0.6 is 23.2 Å². The van der Waals surface area contributed by atoms with E-state index in [4.69, 9.17) is 23.2 Å². The lowest BCUT2D eigenvalue weighted by Gasteiger charge is -2.38. The summed E-state index contributed by atoms with van der Waals surface area (Å²) in [6.07, 6.45) is 1.06. The van der Waals surface area contributed by atoms with Crippen molar-refractivity contribution >= 4 is 39.1 Å². The molecule has 0 bridgehead atoms. The van der Waals surface area contributed by atoms with E-state index in [0.29, 0.717) is 36.9 Å². The van der Waals surface area contributed by atoms with Crippen molar-refractivity contribution < 1.29 is 13.2 Å². The Balaban J connectivity index is 1.56. The maximum atomic E-state index is 12.9. The Kier molecular flexibility index (Phi) is 7.49. The maximum Gasteiger partial charge on any atom is 0.244 e. The summed E-state index contributed by atoms with van der Waals surface area (Å²) in [6.45, 7) is 9.42. The van der Waals surface area contributed by atoms with E-state index in [9.17, 15) is 13.2 Å². The summed E-state index contributed by atoms with van der Waals surface area (Å²) >= 11 is 12.0. The highest BCUT2D eigenvalue weighted by atomic mass is 35.5. The van der Waals surface area contributed by atoms with Crippen LogP contribution in [0.3, 0.4) is 0 Å². The molecule has 0 aliphatic carbocycles. The van der Waals surface area contributed by atoms with Gasteiger partial charge in [-0.3, -0.25) is 9.69 Å². The van der Waals surface area contributed by atoms with Crippen LogP contribution in [0.25, 0.3) is 0 Å². The van der Waals surface area contributed by atoms with Crippen molar-refractivity contribution in [3.8, 4) is 0 Å². The fraction of sp³-hybridized carbons (Fsp3) is 0.650. The third kappa shape index (κ3) is 5.44. The van der Waals surface area contributed by atoms with Crippen LogP contribution in [0, 0.1) is 11.8 Å². The van der Waals surface area contributed by atoms with Crippen molar-refractivity contribution in [3.63, 3.8) is 0 Å². The smallest absolute Gasteiger partial charge is 0.244 e. The number of carbonyl (C=O) groups is 1. The zero-order valence-electron chi connectivity index (χ0n) is 17.0. The molecule has 0 spiro atoms. The molecular formula is C20H29Cl2N3O3S. The molecule has 2 aliphatic rings. The van der Waals surface area contributed by atoms with Crippen LogP contribution in [0.4, 0.5) is 0 Å². The number of rotatable bonds is 5. The third-order valence-corrected chi connectivity index (χ3v) is 8.24. The van der Waals surface area contributed by atoms with Gasteiger partial charge in [-0.15, -0.1) is 0 Å². The van der Waals surface area contributed by atoms with E-state index in [2.05, 4.69) is 18.7 Å². The topological polar surface area (TPSA) is 60.9 Å². The van der Waals surface area contributed by atoms with E-state index in [1.807, 2.05) is 4.90 Å². The molecule has 6 nitrogen and oxygen atoms in total. The number of carbonyl (C=O) groups excluding carboxylic acids is 1. The standard InChI is InChI=1S/C20H29Cl2N3O3S/c1-15(2)14-23-9-11-24(12-10-23)20(26)16-5-7-25(8-6-16)29(27,28)19-13-17(21)3-4-18(19)22/h3-4,13,15-16H,5-12,14H2,1-2H3. The number of nitrogens with zero attached hydrogens (tertiary/aromatic N) is 3. The average Bonchev–Trinajstić information content (AvgIpc) is 2.69. The monoisotopic (exact) mass is 461 g/mol. The zero-order chi connectivity index (χ0) is 21.2. The predicted molar refractivity (Wildman–Crippen MR) is 116 cm³/mol. The van der Waals surface area contributed by atoms with Gasteiger partial charge in [0.25, 0.3) is 0 Å². The molecule has 0 radical (unpaired) electrons. The number of hydrogen-bond donors (Lipinski definition) is 0. The highest BCUT2D eigenvalue weighted by Gasteiger charge is 2.35. The van der Waals surface area contributed by atoms with Gasteiger partial charge in [0.2, 0.25) is 15.9 Å². The number of hydrogen-bond acceptors (Lipinski definition) is 4. The minimum atomic E-state index is -3.72. The molecule has 9 heteroatoms. The van der Waals surface area contributed by atoms with Crippen LogP contribution in [0.15, 0.2) is 23.1 Å². The second-order valence-electron chi connectivity index (χ2n) is 8.27. The number of sulfonamides is 1. The molecule has 0 N–H and O–H groups in total. The number of piperidine rings is 1. The van der Waals surface area contributed by atoms with Gasteiger partial charge in [-0.05, 0) is 37.0 Å². The van der Waals surface area contributed by atoms with Crippen LogP contribution in [-0.4, -0.2) is 74.2 Å². The molecule has 2 heterocycles. The second-order valence-corrected chi connectivity index (χ2v) is 11.0. The predicted octanol–water partition coefficient (Wildman–Crippen LogP) is 3.19. The van der Waals surface area contributed by atoms with Gasteiger partial charge in [-0.25, -0.2) is 8.42 Å². The molecule has 1 amide bonds. The van der Waals surface area contributed by atoms with Crippen molar-refractivity contribution in [2.45, 2.75) is 31.6 Å². The van der Waals surface area contributed by atoms with Crippen molar-refractivity contribution in [1.82, 2.24) is 14.1 Å². The lowest BCUT2D eigenvalue weighted by atomic mass is 9.96. The van der Waals surface area contributed by atoms with Crippen molar-refractivity contribution in [1.29, 1.82) is 0 Å². The number of piperazine rings is 1. The molecule has 0 saturated carbocycles. The summed E-state index contributed by atoms with van der Waals surface area (Å²) in [7, 11) is -3.72. The molecule has 1 aromatic carbocycles. The highest BCUT2D eigenvalue weighted by Crippen LogP contribution is 2.30. The van der Waals surface area contributed by atoms with E-state index in [-0.39, 0.29) is 21.7 Å². The molecule has 162 valence electrons. The first-order valence-electron chi connectivity index (χ1n) is 10.1. The minimum Gasteiger partial charge on any atom is -0.340 e. The van der Waals surface area contributed by atoms with Crippen LogP contribution in [0.2, 0.25) is 10.0 Å². The minimum absolute atomic E-state index is 0.0257. The van der Waals surface area contributed by atoms with Crippen molar-refractivity contribution in [2.24, 2.45) is 11.8 Å². The van der Waals surface area contributed by atoms with E-state index in [1.165, 1.54) is 16.4 Å². The number of benzene rings is 1. The van der Waals surface area contributed by atoms with Crippen molar-refractivity contribution in [3.05, 3.63) is 28.2 Å². The average molecular weight is 462 g/mol. The fourth-order valence-corrected chi connectivity index (χ4v) is 6.29. The molecule has 1 aromatic rings. The molecule has 29 heavy (non-hydrogen) atoms. The lowest BCUT2D eigenvalue weighted by molar-refractivity contribution is -0.138. The van der Waals surface area contributed by atoms with Gasteiger partial charge in [0.05, 0.1) is 5.02 Å². The molecule has 0 unspecified atom stereocenters. The van der Waals surface area contributed by atoms with Crippen LogP contribution < -0.4 is 0 Å². The normalized spacial score (nSPS) is 20.4. The Morgan fingerprint density at radius 3 is 2.28 bits per heavy atom. The fourth-order valence-electron chi connectivity index (χ4n) is 4.08. The van der Waals surface area contributed by atoms with Gasteiger partial charge in [0, 0.05) is 56.8 Å². The van der Waals surface area contributed by atoms with Gasteiger partial charge in [-0.1, -0.05) is 37.0 Å². The van der Waals surface area contributed by atoms with Gasteiger partial charge < -0.3 is 4.90 Å². The molecule has 0 atom stereocenters. The van der Waals surface area contributed by atoms with Gasteiger partial charge in [0.15, 0.2) is 0 Å². The molecule has 2 fully saturated rings. The summed E-state index contributed by atoms with van der Waals surface area (Å²) in [6, 6.07) is 4.44. The summed E-state index contributed by atoms with van der Waals surface area (Å²) in [4.78, 5) is 17.3. The summed E-state index contributed by atoms with van der Waals surface area (Å²) < 4.78 is 27.3. The Hall–Kier alpha value is -0.860. The number of halogens is 2. The first kappa shape index (κ1) is 22.8. The Morgan fingerprint density at radius 2 is 1.69 bits per heavy atom. The van der Waals surface area contributed by atoms with E-state index in [0.717, 1.165) is 32.7 Å². The molecular weight excluding hydrogens is 433 g/mol. The second kappa shape index (κ2) is 9.52. The molecule has 3 rings (SSSR count). The summed E-state index contributed by atoms with van der Waals surface area (Å²) in [5, 5.41) is 0.488. The SMILES string of the molecule is CC(C)CN1CCN(C(=O)C2CCN(S(=O)(=O)c3cc(Cl)ccc3Cl)CC2)CC1. The zero-order valence-corrected chi connectivity index (χ0v) is 19.3. The van der Waals surface area contributed by atoms with Crippen LogP contribution in [0.5, 0.6) is 0 Å². The van der Waals surface area contributed by atoms with E-state index >= 15 is 0 Å². The first-order chi connectivity index (χ1) is 13.7. The third-order valence-electron chi connectivity index (χ3n) is 5.62. The van der Waals surface area contributed by atoms with E-state index < -0.39 is 10.0 Å². The van der Waals surface area contributed by atoms with Crippen molar-refractivity contribution in [2.75, 3.05) is 45.8 Å². The Labute approximate surface area is 183 Å². The van der Waals surface area contributed by atoms with Gasteiger partial charge in [0.1, 0.15) is 4.90 Å². The van der Waals surface area contributed by atoms with E-state index in [1.54, 1.807) is 6.07 Å². The summed E-state index contributed by atoms with van der Waals surface area (Å²) in [5.41, 5.74) is 0. The van der Waals surface area contributed by atoms with Gasteiger partial charge in [-0.2, -0.15) is 4.31 Å². The Bertz CT molecular complexity index is 831. The number of amides is 1. The van der Waals surface area contributed by atoms with Crippen LogP contribution in [0.1, 0.15) is 26.7 Å². The van der Waals surface area contributed by atoms with Crippen LogP contribution in [-0.2, 0) is 14.8 Å². The summed E-state index contributed by atoms with van der Waals surface area (Å²) in [5.74, 6) is 0.663. The molecule has 0 aromatic heterocycles. The quantitative estimate of drug-likeness (QED) is 0.675. The maximum absolute atomic E-state index is 12.9. The molecule has 2 aliphatic heterocycles. The first-order valence-corrected chi connectivity index (χ1v) is 12.3.